The average molecular weight is 256 g/mol. The van der Waals surface area contributed by atoms with Crippen molar-refractivity contribution < 1.29 is 19.4 Å². The average Bonchev–Trinajstić information content (AvgIpc) is 2.67. The molecule has 0 aromatic carbocycles. The zero-order chi connectivity index (χ0) is 13.2. The molecule has 1 amide bonds. The van der Waals surface area contributed by atoms with Gasteiger partial charge < -0.3 is 20.9 Å². The normalized spacial score (nSPS) is 29.6. The molecule has 1 saturated heterocycles. The van der Waals surface area contributed by atoms with Crippen molar-refractivity contribution in [2.24, 2.45) is 17.1 Å². The Bertz CT molecular complexity index is 341. The molecule has 0 spiro atoms. The van der Waals surface area contributed by atoms with Gasteiger partial charge in [0.25, 0.3) is 0 Å². The van der Waals surface area contributed by atoms with Crippen LogP contribution in [0.4, 0.5) is 0 Å². The summed E-state index contributed by atoms with van der Waals surface area (Å²) in [6.07, 6.45) is 2.90. The van der Waals surface area contributed by atoms with Gasteiger partial charge in [-0.2, -0.15) is 0 Å². The molecule has 6 heteroatoms. The van der Waals surface area contributed by atoms with E-state index in [0.717, 1.165) is 19.3 Å². The second-order valence-corrected chi connectivity index (χ2v) is 5.45. The van der Waals surface area contributed by atoms with Crippen LogP contribution in [0.2, 0.25) is 0 Å². The van der Waals surface area contributed by atoms with Gasteiger partial charge in [0.15, 0.2) is 0 Å². The van der Waals surface area contributed by atoms with E-state index in [4.69, 9.17) is 15.6 Å². The number of carbonyl (C=O) groups is 2. The number of amides is 1. The van der Waals surface area contributed by atoms with Crippen LogP contribution in [0, 0.1) is 11.3 Å². The molecule has 4 N–H and O–H groups in total. The predicted octanol–water partition coefficient (Wildman–Crippen LogP) is -0.279. The van der Waals surface area contributed by atoms with Crippen molar-refractivity contribution in [3.05, 3.63) is 0 Å². The van der Waals surface area contributed by atoms with Crippen molar-refractivity contribution in [1.82, 2.24) is 5.32 Å². The molecule has 2 fully saturated rings. The van der Waals surface area contributed by atoms with Crippen LogP contribution in [0.25, 0.3) is 0 Å². The summed E-state index contributed by atoms with van der Waals surface area (Å²) in [6, 6.07) is -0.248. The van der Waals surface area contributed by atoms with Gasteiger partial charge in [0.2, 0.25) is 5.91 Å². The number of rotatable bonds is 5. The molecular weight excluding hydrogens is 236 g/mol. The SMILES string of the molecule is NC1COCC1C(=O)NCC1(CC(=O)O)CCC1. The Morgan fingerprint density at radius 1 is 1.39 bits per heavy atom. The molecular formula is C12H20N2O4. The van der Waals surface area contributed by atoms with Gasteiger partial charge in [-0.3, -0.25) is 9.59 Å². The van der Waals surface area contributed by atoms with Gasteiger partial charge in [0.1, 0.15) is 0 Å². The largest absolute Gasteiger partial charge is 0.481 e. The Labute approximate surface area is 106 Å². The highest BCUT2D eigenvalue weighted by Gasteiger charge is 2.40. The summed E-state index contributed by atoms with van der Waals surface area (Å²) in [7, 11) is 0. The van der Waals surface area contributed by atoms with Gasteiger partial charge >= 0.3 is 5.97 Å². The predicted molar refractivity (Wildman–Crippen MR) is 63.8 cm³/mol. The summed E-state index contributed by atoms with van der Waals surface area (Å²) in [5, 5.41) is 11.7. The first kappa shape index (κ1) is 13.3. The Kier molecular flexibility index (Phi) is 3.87. The zero-order valence-electron chi connectivity index (χ0n) is 10.4. The molecule has 1 aliphatic carbocycles. The number of carboxylic acids is 1. The highest BCUT2D eigenvalue weighted by atomic mass is 16.5. The van der Waals surface area contributed by atoms with E-state index in [9.17, 15) is 9.59 Å². The molecule has 1 heterocycles. The van der Waals surface area contributed by atoms with E-state index in [1.54, 1.807) is 0 Å². The summed E-state index contributed by atoms with van der Waals surface area (Å²) in [5.74, 6) is -1.21. The molecule has 0 bridgehead atoms. The van der Waals surface area contributed by atoms with Gasteiger partial charge in [-0.25, -0.2) is 0 Å². The van der Waals surface area contributed by atoms with Gasteiger partial charge in [0, 0.05) is 12.6 Å². The van der Waals surface area contributed by atoms with Gasteiger partial charge in [-0.15, -0.1) is 0 Å². The number of hydrogen-bond donors (Lipinski definition) is 3. The fraction of sp³-hybridized carbons (Fsp3) is 0.833. The smallest absolute Gasteiger partial charge is 0.303 e. The molecule has 2 rings (SSSR count). The minimum atomic E-state index is -0.801. The minimum Gasteiger partial charge on any atom is -0.481 e. The van der Waals surface area contributed by atoms with E-state index in [1.165, 1.54) is 0 Å². The second kappa shape index (κ2) is 5.24. The monoisotopic (exact) mass is 256 g/mol. The molecule has 1 aliphatic heterocycles. The van der Waals surface area contributed by atoms with Crippen molar-refractivity contribution in [1.29, 1.82) is 0 Å². The van der Waals surface area contributed by atoms with Gasteiger partial charge in [-0.05, 0) is 18.3 Å². The molecule has 2 aliphatic rings. The molecule has 18 heavy (non-hydrogen) atoms. The van der Waals surface area contributed by atoms with E-state index in [-0.39, 0.29) is 29.7 Å². The molecule has 2 atom stereocenters. The third-order valence-electron chi connectivity index (χ3n) is 4.04. The third-order valence-corrected chi connectivity index (χ3v) is 4.04. The molecule has 0 radical (unpaired) electrons. The van der Waals surface area contributed by atoms with Crippen LogP contribution in [0.3, 0.4) is 0 Å². The first-order valence-corrected chi connectivity index (χ1v) is 6.35. The summed E-state index contributed by atoms with van der Waals surface area (Å²) >= 11 is 0. The topological polar surface area (TPSA) is 102 Å². The number of carbonyl (C=O) groups excluding carboxylic acids is 1. The quantitative estimate of drug-likeness (QED) is 0.628. The van der Waals surface area contributed by atoms with Crippen LogP contribution in [0.5, 0.6) is 0 Å². The van der Waals surface area contributed by atoms with Crippen molar-refractivity contribution in [3.63, 3.8) is 0 Å². The van der Waals surface area contributed by atoms with Crippen LogP contribution in [-0.2, 0) is 14.3 Å². The lowest BCUT2D eigenvalue weighted by atomic mass is 9.66. The van der Waals surface area contributed by atoms with E-state index < -0.39 is 5.97 Å². The lowest BCUT2D eigenvalue weighted by Crippen LogP contribution is -2.47. The minimum absolute atomic E-state index is 0.114. The molecule has 0 aromatic heterocycles. The Hall–Kier alpha value is -1.14. The van der Waals surface area contributed by atoms with Crippen molar-refractivity contribution in [3.8, 4) is 0 Å². The van der Waals surface area contributed by atoms with Crippen molar-refractivity contribution in [2.45, 2.75) is 31.7 Å². The van der Waals surface area contributed by atoms with E-state index in [0.29, 0.717) is 19.8 Å². The Morgan fingerprint density at radius 2 is 2.11 bits per heavy atom. The summed E-state index contributed by atoms with van der Waals surface area (Å²) < 4.78 is 5.15. The number of ether oxygens (including phenoxy) is 1. The van der Waals surface area contributed by atoms with Gasteiger partial charge in [-0.1, -0.05) is 6.42 Å². The van der Waals surface area contributed by atoms with E-state index in [1.807, 2.05) is 0 Å². The van der Waals surface area contributed by atoms with Gasteiger partial charge in [0.05, 0.1) is 25.6 Å². The van der Waals surface area contributed by atoms with Crippen molar-refractivity contribution >= 4 is 11.9 Å². The Balaban J connectivity index is 1.82. The number of nitrogens with two attached hydrogens (primary N) is 1. The molecule has 1 saturated carbocycles. The summed E-state index contributed by atoms with van der Waals surface area (Å²) in [5.41, 5.74) is 5.52. The number of carboxylic acid groups (broad SMARTS) is 1. The van der Waals surface area contributed by atoms with Crippen molar-refractivity contribution in [2.75, 3.05) is 19.8 Å². The lowest BCUT2D eigenvalue weighted by molar-refractivity contribution is -0.142. The highest BCUT2D eigenvalue weighted by molar-refractivity contribution is 5.80. The zero-order valence-corrected chi connectivity index (χ0v) is 10.4. The highest BCUT2D eigenvalue weighted by Crippen LogP contribution is 2.43. The first-order valence-electron chi connectivity index (χ1n) is 6.35. The fourth-order valence-corrected chi connectivity index (χ4v) is 2.66. The van der Waals surface area contributed by atoms with E-state index in [2.05, 4.69) is 5.32 Å². The lowest BCUT2D eigenvalue weighted by Gasteiger charge is -2.41. The second-order valence-electron chi connectivity index (χ2n) is 5.45. The third kappa shape index (κ3) is 2.81. The fourth-order valence-electron chi connectivity index (χ4n) is 2.66. The molecule has 0 aromatic rings. The summed E-state index contributed by atoms with van der Waals surface area (Å²) in [6.45, 7) is 1.21. The van der Waals surface area contributed by atoms with Crippen LogP contribution in [-0.4, -0.2) is 42.8 Å². The maximum Gasteiger partial charge on any atom is 0.303 e. The number of hydrogen-bond acceptors (Lipinski definition) is 4. The number of nitrogens with one attached hydrogen (secondary N) is 1. The summed E-state index contributed by atoms with van der Waals surface area (Å²) in [4.78, 5) is 22.7. The van der Waals surface area contributed by atoms with Crippen LogP contribution >= 0.6 is 0 Å². The van der Waals surface area contributed by atoms with Crippen LogP contribution < -0.4 is 11.1 Å². The number of aliphatic carboxylic acids is 1. The molecule has 2 unspecified atom stereocenters. The first-order chi connectivity index (χ1) is 8.52. The maximum atomic E-state index is 11.9. The van der Waals surface area contributed by atoms with Crippen LogP contribution in [0.15, 0.2) is 0 Å². The van der Waals surface area contributed by atoms with Crippen LogP contribution in [0.1, 0.15) is 25.7 Å². The standard InChI is InChI=1S/C12H20N2O4/c13-9-6-18-5-8(9)11(17)14-7-12(2-1-3-12)4-10(15)16/h8-9H,1-7,13H2,(H,14,17)(H,15,16). The molecule has 6 nitrogen and oxygen atoms in total. The Morgan fingerprint density at radius 3 is 2.56 bits per heavy atom. The molecule has 102 valence electrons. The maximum absolute atomic E-state index is 11.9. The van der Waals surface area contributed by atoms with E-state index >= 15 is 0 Å².